The molecule has 3 N–H and O–H groups in total. The zero-order valence-electron chi connectivity index (χ0n) is 10.7. The van der Waals surface area contributed by atoms with Crippen LogP contribution in [0.2, 0.25) is 0 Å². The third-order valence-corrected chi connectivity index (χ3v) is 2.72. The van der Waals surface area contributed by atoms with Crippen LogP contribution in [0.25, 0.3) is 11.1 Å². The summed E-state index contributed by atoms with van der Waals surface area (Å²) >= 11 is 0. The molecule has 2 rings (SSSR count). The molecule has 1 amide bonds. The Morgan fingerprint density at radius 3 is 2.94 bits per heavy atom. The highest BCUT2D eigenvalue weighted by Crippen LogP contribution is 2.21. The maximum absolute atomic E-state index is 12.2. The van der Waals surface area contributed by atoms with E-state index in [9.17, 15) is 4.79 Å². The van der Waals surface area contributed by atoms with Crippen LogP contribution in [0.15, 0.2) is 10.6 Å². The number of fused-ring (bicyclic) bond motifs is 1. The van der Waals surface area contributed by atoms with Crippen molar-refractivity contribution in [3.63, 3.8) is 0 Å². The molecule has 0 aliphatic rings. The number of aromatic nitrogens is 2. The van der Waals surface area contributed by atoms with Crippen LogP contribution in [0.5, 0.6) is 0 Å². The summed E-state index contributed by atoms with van der Waals surface area (Å²) in [5.74, 6) is -0.185. The van der Waals surface area contributed by atoms with Crippen LogP contribution in [0, 0.1) is 13.8 Å². The van der Waals surface area contributed by atoms with E-state index in [-0.39, 0.29) is 11.9 Å². The zero-order valence-corrected chi connectivity index (χ0v) is 10.7. The Morgan fingerprint density at radius 1 is 1.56 bits per heavy atom. The van der Waals surface area contributed by atoms with Gasteiger partial charge in [0.2, 0.25) is 0 Å². The number of nitrogens with zero attached hydrogens (tertiary/aromatic N) is 2. The Labute approximate surface area is 105 Å². The smallest absolute Gasteiger partial charge is 0.258 e. The summed E-state index contributed by atoms with van der Waals surface area (Å²) in [4.78, 5) is 16.4. The van der Waals surface area contributed by atoms with E-state index < -0.39 is 0 Å². The fourth-order valence-corrected chi connectivity index (χ4v) is 1.76. The van der Waals surface area contributed by atoms with Gasteiger partial charge in [0.1, 0.15) is 0 Å². The van der Waals surface area contributed by atoms with E-state index in [4.69, 9.17) is 10.3 Å². The van der Waals surface area contributed by atoms with Crippen molar-refractivity contribution in [3.05, 3.63) is 23.0 Å². The van der Waals surface area contributed by atoms with Gasteiger partial charge in [0.25, 0.3) is 11.6 Å². The van der Waals surface area contributed by atoms with Gasteiger partial charge in [0, 0.05) is 18.3 Å². The molecule has 0 fully saturated rings. The number of rotatable bonds is 3. The molecule has 6 nitrogen and oxygen atoms in total. The molecular weight excluding hydrogens is 232 g/mol. The highest BCUT2D eigenvalue weighted by Gasteiger charge is 2.18. The quantitative estimate of drug-likeness (QED) is 0.842. The van der Waals surface area contributed by atoms with Crippen molar-refractivity contribution in [2.45, 2.75) is 26.8 Å². The number of nitrogens with two attached hydrogens (primary N) is 1. The molecule has 18 heavy (non-hydrogen) atoms. The highest BCUT2D eigenvalue weighted by molar-refractivity contribution is 6.06. The summed E-state index contributed by atoms with van der Waals surface area (Å²) in [6.45, 7) is 5.83. The molecule has 2 aromatic heterocycles. The second-order valence-electron chi connectivity index (χ2n) is 4.37. The van der Waals surface area contributed by atoms with Crippen molar-refractivity contribution in [3.8, 4) is 0 Å². The molecule has 2 heterocycles. The summed E-state index contributed by atoms with van der Waals surface area (Å²) in [7, 11) is 0. The summed E-state index contributed by atoms with van der Waals surface area (Å²) in [5.41, 5.74) is 7.77. The van der Waals surface area contributed by atoms with Gasteiger partial charge < -0.3 is 15.6 Å². The van der Waals surface area contributed by atoms with Crippen molar-refractivity contribution < 1.29 is 9.32 Å². The van der Waals surface area contributed by atoms with E-state index in [2.05, 4.69) is 15.5 Å². The molecular formula is C12H16N4O2. The van der Waals surface area contributed by atoms with E-state index in [1.54, 1.807) is 19.9 Å². The normalized spacial score (nSPS) is 12.7. The van der Waals surface area contributed by atoms with E-state index >= 15 is 0 Å². The molecule has 6 heteroatoms. The lowest BCUT2D eigenvalue weighted by Gasteiger charge is -2.11. The maximum Gasteiger partial charge on any atom is 0.258 e. The molecule has 0 aliphatic heterocycles. The third kappa shape index (κ3) is 2.19. The van der Waals surface area contributed by atoms with Gasteiger partial charge in [-0.25, -0.2) is 4.98 Å². The first-order valence-electron chi connectivity index (χ1n) is 5.77. The first-order chi connectivity index (χ1) is 8.52. The molecule has 2 aromatic rings. The fraction of sp³-hybridized carbons (Fsp3) is 0.417. The van der Waals surface area contributed by atoms with Gasteiger partial charge in [-0.2, -0.15) is 0 Å². The molecule has 0 saturated heterocycles. The topological polar surface area (TPSA) is 94.0 Å². The van der Waals surface area contributed by atoms with Gasteiger partial charge in [0.05, 0.1) is 16.6 Å². The number of hydrogen-bond donors (Lipinski definition) is 2. The molecule has 0 aliphatic carbocycles. The summed E-state index contributed by atoms with van der Waals surface area (Å²) in [5, 5.41) is 7.31. The zero-order chi connectivity index (χ0) is 13.3. The van der Waals surface area contributed by atoms with Crippen LogP contribution >= 0.6 is 0 Å². The predicted molar refractivity (Wildman–Crippen MR) is 67.3 cm³/mol. The Balaban J connectivity index is 2.49. The Kier molecular flexibility index (Phi) is 3.29. The number of carbonyl (C=O) groups is 1. The summed E-state index contributed by atoms with van der Waals surface area (Å²) in [6.07, 6.45) is 0. The number of aryl methyl sites for hydroxylation is 2. The summed E-state index contributed by atoms with van der Waals surface area (Å²) < 4.78 is 5.09. The second-order valence-corrected chi connectivity index (χ2v) is 4.37. The van der Waals surface area contributed by atoms with E-state index in [0.717, 1.165) is 0 Å². The predicted octanol–water partition coefficient (Wildman–Crippen LogP) is 0.917. The molecule has 0 radical (unpaired) electrons. The summed E-state index contributed by atoms with van der Waals surface area (Å²) in [6, 6.07) is 1.65. The van der Waals surface area contributed by atoms with Crippen molar-refractivity contribution in [1.82, 2.24) is 15.5 Å². The first kappa shape index (κ1) is 12.5. The lowest BCUT2D eigenvalue weighted by Crippen LogP contribution is -2.37. The largest absolute Gasteiger partial charge is 0.348 e. The third-order valence-electron chi connectivity index (χ3n) is 2.72. The van der Waals surface area contributed by atoms with Crippen LogP contribution in [0.1, 0.15) is 28.7 Å². The van der Waals surface area contributed by atoms with Crippen LogP contribution in [-0.4, -0.2) is 28.6 Å². The van der Waals surface area contributed by atoms with Crippen molar-refractivity contribution in [2.75, 3.05) is 6.54 Å². The van der Waals surface area contributed by atoms with Crippen LogP contribution < -0.4 is 11.1 Å². The number of amides is 1. The van der Waals surface area contributed by atoms with Crippen molar-refractivity contribution >= 4 is 17.0 Å². The molecule has 96 valence electrons. The van der Waals surface area contributed by atoms with E-state index in [1.807, 2.05) is 6.92 Å². The highest BCUT2D eigenvalue weighted by atomic mass is 16.5. The molecule has 0 bridgehead atoms. The monoisotopic (exact) mass is 248 g/mol. The minimum absolute atomic E-state index is 0.0822. The standard InChI is InChI=1S/C12H16N4O2/c1-6-4-9(11(17)14-7(2)5-13)10-8(3)16-18-12(10)15-6/h4,7H,5,13H2,1-3H3,(H,14,17)/t7-/m0/s1. The Bertz CT molecular complexity index is 591. The van der Waals surface area contributed by atoms with Crippen molar-refractivity contribution in [2.24, 2.45) is 5.73 Å². The van der Waals surface area contributed by atoms with Crippen LogP contribution in [-0.2, 0) is 0 Å². The Morgan fingerprint density at radius 2 is 2.28 bits per heavy atom. The Hall–Kier alpha value is -1.95. The second kappa shape index (κ2) is 4.73. The maximum atomic E-state index is 12.2. The van der Waals surface area contributed by atoms with Crippen LogP contribution in [0.4, 0.5) is 0 Å². The van der Waals surface area contributed by atoms with Crippen molar-refractivity contribution in [1.29, 1.82) is 0 Å². The number of hydrogen-bond acceptors (Lipinski definition) is 5. The number of pyridine rings is 1. The van der Waals surface area contributed by atoms with Gasteiger partial charge in [-0.05, 0) is 26.8 Å². The van der Waals surface area contributed by atoms with Crippen LogP contribution in [0.3, 0.4) is 0 Å². The lowest BCUT2D eigenvalue weighted by molar-refractivity contribution is 0.0942. The van der Waals surface area contributed by atoms with Gasteiger partial charge >= 0.3 is 0 Å². The van der Waals surface area contributed by atoms with E-state index in [1.165, 1.54) is 0 Å². The first-order valence-corrected chi connectivity index (χ1v) is 5.77. The molecule has 0 spiro atoms. The fourth-order valence-electron chi connectivity index (χ4n) is 1.76. The lowest BCUT2D eigenvalue weighted by atomic mass is 10.1. The molecule has 0 saturated carbocycles. The average Bonchev–Trinajstić information content (AvgIpc) is 2.69. The minimum atomic E-state index is -0.185. The SMILES string of the molecule is Cc1cc(C(=O)N[C@@H](C)CN)c2c(C)noc2n1. The van der Waals surface area contributed by atoms with Gasteiger partial charge in [-0.3, -0.25) is 4.79 Å². The van der Waals surface area contributed by atoms with E-state index in [0.29, 0.717) is 34.6 Å². The average molecular weight is 248 g/mol. The molecule has 1 atom stereocenters. The van der Waals surface area contributed by atoms with Gasteiger partial charge in [-0.15, -0.1) is 0 Å². The molecule has 0 aromatic carbocycles. The van der Waals surface area contributed by atoms with Gasteiger partial charge in [0.15, 0.2) is 0 Å². The number of carbonyl (C=O) groups excluding carboxylic acids is 1. The van der Waals surface area contributed by atoms with Gasteiger partial charge in [-0.1, -0.05) is 5.16 Å². The minimum Gasteiger partial charge on any atom is -0.348 e. The molecule has 0 unspecified atom stereocenters. The number of nitrogens with one attached hydrogen (secondary N) is 1.